The third kappa shape index (κ3) is 1.52. The van der Waals surface area contributed by atoms with Crippen molar-refractivity contribution in [2.45, 2.75) is 19.3 Å². The summed E-state index contributed by atoms with van der Waals surface area (Å²) in [5.41, 5.74) is 3.20. The van der Waals surface area contributed by atoms with E-state index < -0.39 is 5.97 Å². The maximum atomic E-state index is 10.9. The number of carboxylic acids is 1. The van der Waals surface area contributed by atoms with Crippen molar-refractivity contribution in [2.24, 2.45) is 13.0 Å². The van der Waals surface area contributed by atoms with E-state index in [1.807, 2.05) is 30.7 Å². The van der Waals surface area contributed by atoms with Gasteiger partial charge in [0.05, 0.1) is 17.0 Å². The lowest BCUT2D eigenvalue weighted by atomic mass is 10.2. The molecule has 0 saturated heterocycles. The van der Waals surface area contributed by atoms with E-state index in [0.717, 1.165) is 16.9 Å². The monoisotopic (exact) mass is 230 g/mol. The number of carbonyl (C=O) groups is 1. The average Bonchev–Trinajstić information content (AvgIpc) is 3.00. The third-order valence-corrected chi connectivity index (χ3v) is 3.51. The first kappa shape index (κ1) is 10.3. The Bertz CT molecular complexity index is 615. The van der Waals surface area contributed by atoms with Crippen molar-refractivity contribution >= 4 is 17.0 Å². The lowest BCUT2D eigenvalue weighted by Crippen LogP contribution is -2.02. The van der Waals surface area contributed by atoms with Crippen LogP contribution in [0, 0.1) is 12.8 Å². The highest BCUT2D eigenvalue weighted by Crippen LogP contribution is 2.47. The number of fused-ring (bicyclic) bond motifs is 1. The van der Waals surface area contributed by atoms with Crippen LogP contribution in [-0.2, 0) is 11.8 Å². The molecule has 1 aromatic carbocycles. The first-order valence-electron chi connectivity index (χ1n) is 5.73. The summed E-state index contributed by atoms with van der Waals surface area (Å²) < 4.78 is 2.02. The zero-order valence-corrected chi connectivity index (χ0v) is 9.84. The molecule has 4 nitrogen and oxygen atoms in total. The smallest absolute Gasteiger partial charge is 0.307 e. The van der Waals surface area contributed by atoms with Crippen LogP contribution in [0.3, 0.4) is 0 Å². The maximum Gasteiger partial charge on any atom is 0.307 e. The minimum absolute atomic E-state index is 0.0882. The molecule has 88 valence electrons. The summed E-state index contributed by atoms with van der Waals surface area (Å²) in [6, 6.07) is 6.13. The van der Waals surface area contributed by atoms with E-state index in [4.69, 9.17) is 5.11 Å². The molecule has 2 atom stereocenters. The second-order valence-electron chi connectivity index (χ2n) is 4.81. The molecule has 1 aliphatic carbocycles. The fourth-order valence-corrected chi connectivity index (χ4v) is 2.41. The quantitative estimate of drug-likeness (QED) is 0.859. The van der Waals surface area contributed by atoms with Crippen LogP contribution >= 0.6 is 0 Å². The zero-order valence-electron chi connectivity index (χ0n) is 9.84. The van der Waals surface area contributed by atoms with Crippen LogP contribution in [0.15, 0.2) is 18.2 Å². The third-order valence-electron chi connectivity index (χ3n) is 3.51. The number of rotatable bonds is 2. The van der Waals surface area contributed by atoms with Crippen LogP contribution in [0.4, 0.5) is 0 Å². The van der Waals surface area contributed by atoms with E-state index in [1.54, 1.807) is 0 Å². The van der Waals surface area contributed by atoms with Crippen molar-refractivity contribution in [1.82, 2.24) is 9.55 Å². The summed E-state index contributed by atoms with van der Waals surface area (Å²) in [5.74, 6) is 0.0352. The van der Waals surface area contributed by atoms with Gasteiger partial charge in [-0.05, 0) is 31.0 Å². The molecular formula is C13H14N2O2. The van der Waals surface area contributed by atoms with Gasteiger partial charge in [-0.25, -0.2) is 4.98 Å². The molecule has 1 aromatic heterocycles. The predicted octanol–water partition coefficient (Wildman–Crippen LogP) is 2.07. The molecule has 1 fully saturated rings. The standard InChI is InChI=1S/C13H14N2O2/c1-7-3-4-11-10(5-7)14-12(15(11)2)8-6-9(8)13(16)17/h3-5,8-9H,6H2,1-2H3,(H,16,17). The molecule has 1 heterocycles. The van der Waals surface area contributed by atoms with Gasteiger partial charge in [0, 0.05) is 13.0 Å². The van der Waals surface area contributed by atoms with Gasteiger partial charge in [0.1, 0.15) is 5.82 Å². The first-order chi connectivity index (χ1) is 8.08. The Balaban J connectivity index is 2.07. The molecule has 1 aliphatic rings. The molecule has 17 heavy (non-hydrogen) atoms. The average molecular weight is 230 g/mol. The van der Waals surface area contributed by atoms with Crippen LogP contribution in [0.5, 0.6) is 0 Å². The Morgan fingerprint density at radius 2 is 2.29 bits per heavy atom. The second kappa shape index (κ2) is 3.32. The van der Waals surface area contributed by atoms with E-state index in [2.05, 4.69) is 11.1 Å². The molecule has 2 aromatic rings. The molecule has 0 amide bonds. The highest BCUT2D eigenvalue weighted by Gasteiger charge is 2.46. The maximum absolute atomic E-state index is 10.9. The Morgan fingerprint density at radius 3 is 2.94 bits per heavy atom. The van der Waals surface area contributed by atoms with E-state index in [1.165, 1.54) is 5.56 Å². The lowest BCUT2D eigenvalue weighted by Gasteiger charge is -2.00. The number of imidazole rings is 1. The number of nitrogens with zero attached hydrogens (tertiary/aromatic N) is 2. The number of hydrogen-bond donors (Lipinski definition) is 1. The highest BCUT2D eigenvalue weighted by molar-refractivity contribution is 5.79. The zero-order chi connectivity index (χ0) is 12.2. The number of carboxylic acid groups (broad SMARTS) is 1. The molecule has 0 bridgehead atoms. The Hall–Kier alpha value is -1.84. The van der Waals surface area contributed by atoms with Crippen molar-refractivity contribution < 1.29 is 9.90 Å². The van der Waals surface area contributed by atoms with Gasteiger partial charge in [0.2, 0.25) is 0 Å². The molecule has 3 rings (SSSR count). The normalized spacial score (nSPS) is 22.9. The van der Waals surface area contributed by atoms with Crippen LogP contribution in [-0.4, -0.2) is 20.6 Å². The second-order valence-corrected chi connectivity index (χ2v) is 4.81. The molecule has 0 aliphatic heterocycles. The summed E-state index contributed by atoms with van der Waals surface area (Å²) in [6.07, 6.45) is 0.714. The fourth-order valence-electron chi connectivity index (χ4n) is 2.41. The largest absolute Gasteiger partial charge is 0.481 e. The van der Waals surface area contributed by atoms with E-state index >= 15 is 0 Å². The Kier molecular flexibility index (Phi) is 2.02. The first-order valence-corrected chi connectivity index (χ1v) is 5.73. The van der Waals surface area contributed by atoms with Crippen molar-refractivity contribution in [3.63, 3.8) is 0 Å². The Morgan fingerprint density at radius 1 is 1.53 bits per heavy atom. The summed E-state index contributed by atoms with van der Waals surface area (Å²) in [4.78, 5) is 15.5. The van der Waals surface area contributed by atoms with E-state index in [-0.39, 0.29) is 11.8 Å². The van der Waals surface area contributed by atoms with Crippen molar-refractivity contribution in [2.75, 3.05) is 0 Å². The Labute approximate surface area is 98.9 Å². The van der Waals surface area contributed by atoms with Gasteiger partial charge in [0.15, 0.2) is 0 Å². The van der Waals surface area contributed by atoms with Gasteiger partial charge < -0.3 is 9.67 Å². The van der Waals surface area contributed by atoms with Crippen molar-refractivity contribution in [3.05, 3.63) is 29.6 Å². The molecule has 2 unspecified atom stereocenters. The summed E-state index contributed by atoms with van der Waals surface area (Å²) in [7, 11) is 1.96. The molecule has 0 radical (unpaired) electrons. The molecule has 0 spiro atoms. The van der Waals surface area contributed by atoms with Crippen LogP contribution in [0.1, 0.15) is 23.7 Å². The van der Waals surface area contributed by atoms with Crippen LogP contribution in [0.2, 0.25) is 0 Å². The van der Waals surface area contributed by atoms with Crippen molar-refractivity contribution in [3.8, 4) is 0 Å². The summed E-state index contributed by atoms with van der Waals surface area (Å²) >= 11 is 0. The van der Waals surface area contributed by atoms with Crippen LogP contribution in [0.25, 0.3) is 11.0 Å². The SMILES string of the molecule is Cc1ccc2c(c1)nc(C1CC1C(=O)O)n2C. The van der Waals surface area contributed by atoms with Gasteiger partial charge in [-0.1, -0.05) is 6.07 Å². The van der Waals surface area contributed by atoms with Gasteiger partial charge >= 0.3 is 5.97 Å². The number of aromatic nitrogens is 2. The van der Waals surface area contributed by atoms with Gasteiger partial charge in [0.25, 0.3) is 0 Å². The minimum atomic E-state index is -0.710. The van der Waals surface area contributed by atoms with E-state index in [9.17, 15) is 4.79 Å². The summed E-state index contributed by atoms with van der Waals surface area (Å²) in [5, 5.41) is 8.96. The number of hydrogen-bond acceptors (Lipinski definition) is 2. The van der Waals surface area contributed by atoms with Crippen molar-refractivity contribution in [1.29, 1.82) is 0 Å². The molecule has 1 saturated carbocycles. The molecule has 1 N–H and O–H groups in total. The fraction of sp³-hybridized carbons (Fsp3) is 0.385. The number of aryl methyl sites for hydroxylation is 2. The van der Waals surface area contributed by atoms with Gasteiger partial charge in [-0.15, -0.1) is 0 Å². The molecular weight excluding hydrogens is 216 g/mol. The number of benzene rings is 1. The van der Waals surface area contributed by atoms with Gasteiger partial charge in [-0.2, -0.15) is 0 Å². The van der Waals surface area contributed by atoms with E-state index in [0.29, 0.717) is 6.42 Å². The lowest BCUT2D eigenvalue weighted by molar-refractivity contribution is -0.138. The number of aliphatic carboxylic acids is 1. The predicted molar refractivity (Wildman–Crippen MR) is 63.9 cm³/mol. The van der Waals surface area contributed by atoms with Crippen LogP contribution < -0.4 is 0 Å². The minimum Gasteiger partial charge on any atom is -0.481 e. The molecule has 4 heteroatoms. The summed E-state index contributed by atoms with van der Waals surface area (Å²) in [6.45, 7) is 2.03. The topological polar surface area (TPSA) is 55.1 Å². The van der Waals surface area contributed by atoms with Gasteiger partial charge in [-0.3, -0.25) is 4.79 Å². The highest BCUT2D eigenvalue weighted by atomic mass is 16.4.